The van der Waals surface area contributed by atoms with Crippen LogP contribution in [-0.4, -0.2) is 21.9 Å². The van der Waals surface area contributed by atoms with Gasteiger partial charge in [0.15, 0.2) is 0 Å². The summed E-state index contributed by atoms with van der Waals surface area (Å²) >= 11 is 1.45. The van der Waals surface area contributed by atoms with Crippen molar-refractivity contribution in [3.05, 3.63) is 35.6 Å². The van der Waals surface area contributed by atoms with Crippen molar-refractivity contribution in [1.29, 1.82) is 0 Å². The van der Waals surface area contributed by atoms with Gasteiger partial charge in [-0.15, -0.1) is 11.3 Å². The molecule has 0 saturated heterocycles. The molecule has 0 radical (unpaired) electrons. The van der Waals surface area contributed by atoms with Gasteiger partial charge >= 0.3 is 0 Å². The Bertz CT molecular complexity index is 635. The SMILES string of the molecule is O=C(NC(C1CC1)C1CC1)c1cnc(-c2ccncc2)s1. The van der Waals surface area contributed by atoms with Gasteiger partial charge in [-0.25, -0.2) is 4.98 Å². The lowest BCUT2D eigenvalue weighted by molar-refractivity contribution is 0.0930. The predicted molar refractivity (Wildman–Crippen MR) is 82.0 cm³/mol. The van der Waals surface area contributed by atoms with E-state index in [2.05, 4.69) is 15.3 Å². The molecular weight excluding hydrogens is 282 g/mol. The molecule has 2 heterocycles. The first kappa shape index (κ1) is 13.0. The van der Waals surface area contributed by atoms with Crippen molar-refractivity contribution in [2.24, 2.45) is 11.8 Å². The molecule has 21 heavy (non-hydrogen) atoms. The molecule has 2 aromatic rings. The maximum absolute atomic E-state index is 12.4. The van der Waals surface area contributed by atoms with Crippen molar-refractivity contribution in [2.75, 3.05) is 0 Å². The predicted octanol–water partition coefficient (Wildman–Crippen LogP) is 3.12. The lowest BCUT2D eigenvalue weighted by Gasteiger charge is -2.16. The van der Waals surface area contributed by atoms with Crippen LogP contribution in [0.4, 0.5) is 0 Å². The van der Waals surface area contributed by atoms with E-state index in [1.807, 2.05) is 12.1 Å². The average molecular weight is 299 g/mol. The number of hydrogen-bond acceptors (Lipinski definition) is 4. The Hall–Kier alpha value is -1.75. The van der Waals surface area contributed by atoms with Crippen molar-refractivity contribution in [2.45, 2.75) is 31.7 Å². The minimum Gasteiger partial charge on any atom is -0.348 e. The summed E-state index contributed by atoms with van der Waals surface area (Å²) in [4.78, 5) is 21.5. The number of carbonyl (C=O) groups is 1. The second-order valence-electron chi connectivity index (χ2n) is 5.94. The number of hydrogen-bond donors (Lipinski definition) is 1. The second kappa shape index (κ2) is 5.22. The largest absolute Gasteiger partial charge is 0.348 e. The topological polar surface area (TPSA) is 54.9 Å². The molecule has 0 aromatic carbocycles. The highest BCUT2D eigenvalue weighted by molar-refractivity contribution is 7.16. The third-order valence-electron chi connectivity index (χ3n) is 4.21. The lowest BCUT2D eigenvalue weighted by Crippen LogP contribution is -2.37. The molecule has 1 amide bonds. The molecule has 1 N–H and O–H groups in total. The minimum absolute atomic E-state index is 0.0385. The van der Waals surface area contributed by atoms with Crippen LogP contribution >= 0.6 is 11.3 Å². The normalized spacial score (nSPS) is 18.0. The molecule has 4 rings (SSSR count). The van der Waals surface area contributed by atoms with Crippen LogP contribution in [0.5, 0.6) is 0 Å². The van der Waals surface area contributed by atoms with Crippen LogP contribution in [0.25, 0.3) is 10.6 Å². The summed E-state index contributed by atoms with van der Waals surface area (Å²) < 4.78 is 0. The summed E-state index contributed by atoms with van der Waals surface area (Å²) in [6.45, 7) is 0. The van der Waals surface area contributed by atoms with Crippen molar-refractivity contribution < 1.29 is 4.79 Å². The van der Waals surface area contributed by atoms with Gasteiger partial charge in [0, 0.05) is 24.0 Å². The van der Waals surface area contributed by atoms with Gasteiger partial charge in [-0.3, -0.25) is 9.78 Å². The van der Waals surface area contributed by atoms with Gasteiger partial charge in [-0.1, -0.05) is 0 Å². The van der Waals surface area contributed by atoms with E-state index in [-0.39, 0.29) is 5.91 Å². The molecule has 5 heteroatoms. The van der Waals surface area contributed by atoms with E-state index < -0.39 is 0 Å². The van der Waals surface area contributed by atoms with Crippen LogP contribution in [0, 0.1) is 11.8 Å². The van der Waals surface area contributed by atoms with Crippen molar-refractivity contribution >= 4 is 17.2 Å². The molecular formula is C16H17N3OS. The van der Waals surface area contributed by atoms with E-state index in [0.29, 0.717) is 22.8 Å². The highest BCUT2D eigenvalue weighted by Gasteiger charge is 2.42. The van der Waals surface area contributed by atoms with Crippen LogP contribution in [0.1, 0.15) is 35.4 Å². The molecule has 0 bridgehead atoms. The average Bonchev–Trinajstić information content (AvgIpc) is 3.44. The standard InChI is InChI=1S/C16H17N3OS/c20-15(19-14(10-1-2-10)11-3-4-11)13-9-18-16(21-13)12-5-7-17-8-6-12/h5-11,14H,1-4H2,(H,19,20). The maximum atomic E-state index is 12.4. The summed E-state index contributed by atoms with van der Waals surface area (Å²) in [5, 5.41) is 4.11. The van der Waals surface area contributed by atoms with Crippen LogP contribution in [0.3, 0.4) is 0 Å². The van der Waals surface area contributed by atoms with Gasteiger partial charge in [-0.05, 0) is 49.7 Å². The molecule has 108 valence electrons. The number of nitrogens with one attached hydrogen (secondary N) is 1. The molecule has 4 nitrogen and oxygen atoms in total. The fourth-order valence-corrected chi connectivity index (χ4v) is 3.59. The molecule has 0 aliphatic heterocycles. The number of rotatable bonds is 5. The number of aromatic nitrogens is 2. The highest BCUT2D eigenvalue weighted by Crippen LogP contribution is 2.44. The van der Waals surface area contributed by atoms with E-state index in [1.54, 1.807) is 18.6 Å². The van der Waals surface area contributed by atoms with Gasteiger partial charge in [0.2, 0.25) is 0 Å². The molecule has 2 aromatic heterocycles. The van der Waals surface area contributed by atoms with Gasteiger partial charge in [-0.2, -0.15) is 0 Å². The smallest absolute Gasteiger partial charge is 0.263 e. The Morgan fingerprint density at radius 3 is 2.48 bits per heavy atom. The van der Waals surface area contributed by atoms with Gasteiger partial charge in [0.25, 0.3) is 5.91 Å². The molecule has 0 spiro atoms. The highest BCUT2D eigenvalue weighted by atomic mass is 32.1. The Kier molecular flexibility index (Phi) is 3.22. The number of carbonyl (C=O) groups excluding carboxylic acids is 1. The lowest BCUT2D eigenvalue weighted by atomic mass is 10.1. The third-order valence-corrected chi connectivity index (χ3v) is 5.26. The zero-order valence-electron chi connectivity index (χ0n) is 11.7. The van der Waals surface area contributed by atoms with Gasteiger partial charge in [0.1, 0.15) is 9.88 Å². The summed E-state index contributed by atoms with van der Waals surface area (Å²) in [5.41, 5.74) is 1.01. The van der Waals surface area contributed by atoms with Crippen molar-refractivity contribution in [3.8, 4) is 10.6 Å². The Balaban J connectivity index is 1.48. The summed E-state index contributed by atoms with van der Waals surface area (Å²) in [5.74, 6) is 1.47. The second-order valence-corrected chi connectivity index (χ2v) is 6.97. The molecule has 0 unspecified atom stereocenters. The third kappa shape index (κ3) is 2.83. The van der Waals surface area contributed by atoms with Crippen LogP contribution in [0.2, 0.25) is 0 Å². The van der Waals surface area contributed by atoms with E-state index >= 15 is 0 Å². The van der Waals surface area contributed by atoms with E-state index in [0.717, 1.165) is 10.6 Å². The van der Waals surface area contributed by atoms with E-state index in [9.17, 15) is 4.79 Å². The number of amides is 1. The van der Waals surface area contributed by atoms with E-state index in [1.165, 1.54) is 37.0 Å². The zero-order valence-corrected chi connectivity index (χ0v) is 12.5. The maximum Gasteiger partial charge on any atom is 0.263 e. The van der Waals surface area contributed by atoms with Crippen LogP contribution in [-0.2, 0) is 0 Å². The van der Waals surface area contributed by atoms with Crippen molar-refractivity contribution in [1.82, 2.24) is 15.3 Å². The molecule has 2 saturated carbocycles. The molecule has 2 aliphatic rings. The minimum atomic E-state index is 0.0385. The quantitative estimate of drug-likeness (QED) is 0.923. The van der Waals surface area contributed by atoms with Crippen molar-refractivity contribution in [3.63, 3.8) is 0 Å². The Morgan fingerprint density at radius 2 is 1.86 bits per heavy atom. The molecule has 2 aliphatic carbocycles. The van der Waals surface area contributed by atoms with Crippen LogP contribution < -0.4 is 5.32 Å². The Morgan fingerprint density at radius 1 is 1.19 bits per heavy atom. The molecule has 0 atom stereocenters. The van der Waals surface area contributed by atoms with Crippen LogP contribution in [0.15, 0.2) is 30.7 Å². The fraction of sp³-hybridized carbons (Fsp3) is 0.438. The fourth-order valence-electron chi connectivity index (χ4n) is 2.76. The number of thiazole rings is 1. The zero-order chi connectivity index (χ0) is 14.2. The van der Waals surface area contributed by atoms with Gasteiger partial charge < -0.3 is 5.32 Å². The first-order valence-corrected chi connectivity index (χ1v) is 8.30. The summed E-state index contributed by atoms with van der Waals surface area (Å²) in [7, 11) is 0. The first-order valence-electron chi connectivity index (χ1n) is 7.48. The molecule has 2 fully saturated rings. The monoisotopic (exact) mass is 299 g/mol. The van der Waals surface area contributed by atoms with E-state index in [4.69, 9.17) is 0 Å². The summed E-state index contributed by atoms with van der Waals surface area (Å²) in [6, 6.07) is 4.22. The number of pyridine rings is 1. The van der Waals surface area contributed by atoms with Gasteiger partial charge in [0.05, 0.1) is 6.20 Å². The first-order chi connectivity index (χ1) is 10.3. The summed E-state index contributed by atoms with van der Waals surface area (Å²) in [6.07, 6.45) is 10.3. The Labute approximate surface area is 127 Å². The number of nitrogens with zero attached hydrogens (tertiary/aromatic N) is 2.